The van der Waals surface area contributed by atoms with Crippen molar-refractivity contribution in [1.82, 2.24) is 0 Å². The fourth-order valence-corrected chi connectivity index (χ4v) is 1.92. The highest BCUT2D eigenvalue weighted by atomic mass is 32.2. The van der Waals surface area contributed by atoms with Gasteiger partial charge in [0, 0.05) is 6.07 Å². The first-order valence-corrected chi connectivity index (χ1v) is 5.59. The van der Waals surface area contributed by atoms with E-state index in [1.165, 1.54) is 0 Å². The van der Waals surface area contributed by atoms with Crippen LogP contribution in [-0.2, 0) is 10.1 Å². The smallest absolute Gasteiger partial charge is 0.412 e. The van der Waals surface area contributed by atoms with E-state index in [0.29, 0.717) is 12.1 Å². The number of nitro groups is 3. The zero-order valence-corrected chi connectivity index (χ0v) is 10.9. The molecule has 1 aromatic rings. The van der Waals surface area contributed by atoms with E-state index in [4.69, 9.17) is 4.55 Å². The van der Waals surface area contributed by atoms with Gasteiger partial charge in [-0.1, -0.05) is 0 Å². The summed E-state index contributed by atoms with van der Waals surface area (Å²) in [5.41, 5.74) is -4.55. The van der Waals surface area contributed by atoms with Crippen molar-refractivity contribution >= 4 is 27.2 Å². The molecule has 7 N–H and O–H groups in total. The highest BCUT2D eigenvalue weighted by Crippen LogP contribution is 2.40. The zero-order chi connectivity index (χ0) is 15.0. The molecule has 0 radical (unpaired) electrons. The summed E-state index contributed by atoms with van der Waals surface area (Å²) in [5.74, 6) is 0. The first-order chi connectivity index (χ1) is 8.57. The monoisotopic (exact) mass is 347 g/mol. The predicted octanol–water partition coefficient (Wildman–Crippen LogP) is -1.82. The van der Waals surface area contributed by atoms with Crippen molar-refractivity contribution in [3.8, 4) is 0 Å². The van der Waals surface area contributed by atoms with Gasteiger partial charge in [0.2, 0.25) is 0 Å². The molecule has 126 valence electrons. The summed E-state index contributed by atoms with van der Waals surface area (Å²) < 4.78 is 30.5. The topological polar surface area (TPSA) is 278 Å². The molecule has 16 heteroatoms. The van der Waals surface area contributed by atoms with E-state index in [1.54, 1.807) is 0 Å². The third kappa shape index (κ3) is 4.36. The van der Waals surface area contributed by atoms with Crippen LogP contribution in [0.3, 0.4) is 0 Å². The predicted molar refractivity (Wildman–Crippen MR) is 67.1 cm³/mol. The van der Waals surface area contributed by atoms with Crippen LogP contribution in [0.1, 0.15) is 0 Å². The first-order valence-electron chi connectivity index (χ1n) is 4.15. The van der Waals surface area contributed by atoms with E-state index >= 15 is 0 Å². The Kier molecular flexibility index (Phi) is 8.65. The van der Waals surface area contributed by atoms with Gasteiger partial charge in [-0.05, 0) is 6.07 Å². The van der Waals surface area contributed by atoms with E-state index in [1.807, 2.05) is 0 Å². The maximum absolute atomic E-state index is 10.9. The number of rotatable bonds is 4. The van der Waals surface area contributed by atoms with Crippen LogP contribution in [-0.4, -0.2) is 44.2 Å². The lowest BCUT2D eigenvalue weighted by Gasteiger charge is -2.01. The van der Waals surface area contributed by atoms with Gasteiger partial charge in [-0.2, -0.15) is 8.42 Å². The van der Waals surface area contributed by atoms with Gasteiger partial charge in [-0.25, -0.2) is 0 Å². The molecule has 22 heavy (non-hydrogen) atoms. The number of benzene rings is 1. The van der Waals surface area contributed by atoms with Crippen molar-refractivity contribution in [1.29, 1.82) is 0 Å². The zero-order valence-electron chi connectivity index (χ0n) is 10.1. The minimum atomic E-state index is -5.15. The van der Waals surface area contributed by atoms with Gasteiger partial charge in [0.05, 0.1) is 14.8 Å². The van der Waals surface area contributed by atoms with Crippen molar-refractivity contribution in [3.63, 3.8) is 0 Å². The van der Waals surface area contributed by atoms with Gasteiger partial charge in [0.15, 0.2) is 4.90 Å². The highest BCUT2D eigenvalue weighted by Gasteiger charge is 2.42. The molecule has 0 aliphatic carbocycles. The Labute approximate surface area is 119 Å². The SMILES string of the molecule is O.O.O.O=[N+]([O-])c1ccc(S(=O)(=O)O)c([N+](=O)[O-])c1[N+](=O)[O-]. The molecule has 0 unspecified atom stereocenters. The molecule has 0 fully saturated rings. The van der Waals surface area contributed by atoms with Crippen LogP contribution in [0.5, 0.6) is 0 Å². The number of hydrogen-bond acceptors (Lipinski definition) is 8. The second-order valence-electron chi connectivity index (χ2n) is 3.03. The maximum atomic E-state index is 10.9. The summed E-state index contributed by atoms with van der Waals surface area (Å²) in [7, 11) is -5.15. The molecular weight excluding hydrogens is 338 g/mol. The summed E-state index contributed by atoms with van der Waals surface area (Å²) in [6, 6.07) is 0.729. The van der Waals surface area contributed by atoms with Crippen LogP contribution in [0.25, 0.3) is 0 Å². The lowest BCUT2D eigenvalue weighted by Crippen LogP contribution is -2.08. The van der Waals surface area contributed by atoms with Crippen molar-refractivity contribution in [3.05, 3.63) is 42.5 Å². The Morgan fingerprint density at radius 1 is 0.818 bits per heavy atom. The van der Waals surface area contributed by atoms with Gasteiger partial charge in [0.1, 0.15) is 0 Å². The van der Waals surface area contributed by atoms with Crippen LogP contribution in [0, 0.1) is 30.3 Å². The van der Waals surface area contributed by atoms with Crippen molar-refractivity contribution in [2.45, 2.75) is 4.90 Å². The van der Waals surface area contributed by atoms with Crippen LogP contribution in [0.2, 0.25) is 0 Å². The van der Waals surface area contributed by atoms with Gasteiger partial charge in [-0.15, -0.1) is 0 Å². The van der Waals surface area contributed by atoms with Crippen LogP contribution in [0.15, 0.2) is 17.0 Å². The second kappa shape index (κ2) is 7.85. The molecule has 0 saturated carbocycles. The second-order valence-corrected chi connectivity index (χ2v) is 4.42. The molecule has 0 atom stereocenters. The van der Waals surface area contributed by atoms with E-state index in [9.17, 15) is 38.8 Å². The lowest BCUT2D eigenvalue weighted by atomic mass is 10.2. The maximum Gasteiger partial charge on any atom is 0.423 e. The fourth-order valence-electron chi connectivity index (χ4n) is 1.26. The average Bonchev–Trinajstić information content (AvgIpc) is 2.25. The number of hydrogen-bond donors (Lipinski definition) is 1. The summed E-state index contributed by atoms with van der Waals surface area (Å²) in [5, 5.41) is 31.9. The quantitative estimate of drug-likeness (QED) is 0.363. The molecule has 1 rings (SSSR count). The Balaban J connectivity index is -0.00000120. The molecule has 0 spiro atoms. The molecule has 0 heterocycles. The van der Waals surface area contributed by atoms with Crippen molar-refractivity contribution < 1.29 is 44.2 Å². The first kappa shape index (κ1) is 24.2. The highest BCUT2D eigenvalue weighted by molar-refractivity contribution is 7.86. The van der Waals surface area contributed by atoms with E-state index < -0.39 is 46.8 Å². The number of nitro benzene ring substituents is 3. The summed E-state index contributed by atoms with van der Waals surface area (Å²) in [4.78, 5) is 26.2. The molecular formula is C6H9N3O12S. The van der Waals surface area contributed by atoms with Gasteiger partial charge in [-0.3, -0.25) is 34.9 Å². The van der Waals surface area contributed by atoms with E-state index in [0.717, 1.165) is 0 Å². The minimum absolute atomic E-state index is 0. The van der Waals surface area contributed by atoms with Gasteiger partial charge >= 0.3 is 27.2 Å². The van der Waals surface area contributed by atoms with Crippen LogP contribution in [0.4, 0.5) is 17.1 Å². The Bertz CT molecular complexity index is 697. The molecule has 0 aromatic heterocycles. The number of nitrogens with zero attached hydrogens (tertiary/aromatic N) is 3. The van der Waals surface area contributed by atoms with E-state index in [2.05, 4.69) is 0 Å². The molecule has 0 aliphatic heterocycles. The third-order valence-electron chi connectivity index (χ3n) is 1.93. The molecule has 1 aromatic carbocycles. The molecule has 0 amide bonds. The van der Waals surface area contributed by atoms with Crippen molar-refractivity contribution in [2.75, 3.05) is 0 Å². The van der Waals surface area contributed by atoms with Crippen LogP contribution >= 0.6 is 0 Å². The molecule has 15 nitrogen and oxygen atoms in total. The lowest BCUT2D eigenvalue weighted by molar-refractivity contribution is -0.442. The minimum Gasteiger partial charge on any atom is -0.412 e. The largest absolute Gasteiger partial charge is 0.423 e. The van der Waals surface area contributed by atoms with Gasteiger partial charge in [0.25, 0.3) is 0 Å². The summed E-state index contributed by atoms with van der Waals surface area (Å²) in [6.07, 6.45) is 0. The van der Waals surface area contributed by atoms with Crippen molar-refractivity contribution in [2.24, 2.45) is 0 Å². The van der Waals surface area contributed by atoms with Crippen LogP contribution < -0.4 is 0 Å². The summed E-state index contributed by atoms with van der Waals surface area (Å²) in [6.45, 7) is 0. The Morgan fingerprint density at radius 3 is 1.50 bits per heavy atom. The Morgan fingerprint density at radius 2 is 1.23 bits per heavy atom. The molecule has 0 aliphatic rings. The fraction of sp³-hybridized carbons (Fsp3) is 0. The van der Waals surface area contributed by atoms with E-state index in [-0.39, 0.29) is 16.4 Å². The molecule has 0 bridgehead atoms. The normalized spacial score (nSPS) is 9.50. The van der Waals surface area contributed by atoms with Gasteiger partial charge < -0.3 is 16.4 Å². The molecule has 0 saturated heterocycles. The summed E-state index contributed by atoms with van der Waals surface area (Å²) >= 11 is 0. The standard InChI is InChI=1S/C6H3N3O9S.3H2O/c10-7(11)3-1-2-4(19(16,17)18)6(9(14)15)5(3)8(12)13;;;/h1-2H,(H,16,17,18);3*1H2. The average molecular weight is 347 g/mol. The Hall–Kier alpha value is -2.79. The third-order valence-corrected chi connectivity index (χ3v) is 2.82.